The van der Waals surface area contributed by atoms with Gasteiger partial charge in [-0.2, -0.15) is 0 Å². The van der Waals surface area contributed by atoms with Gasteiger partial charge in [0.25, 0.3) is 0 Å². The Hall–Kier alpha value is -1.33. The third-order valence-electron chi connectivity index (χ3n) is 2.00. The van der Waals surface area contributed by atoms with E-state index in [0.29, 0.717) is 12.1 Å². The molecule has 1 aromatic rings. The number of hydrazine groups is 1. The highest BCUT2D eigenvalue weighted by atomic mass is 19.1. The molecule has 0 amide bonds. The van der Waals surface area contributed by atoms with Crippen molar-refractivity contribution >= 4 is 0 Å². The van der Waals surface area contributed by atoms with E-state index in [1.54, 1.807) is 0 Å². The summed E-state index contributed by atoms with van der Waals surface area (Å²) in [5, 5.41) is 0. The Labute approximate surface area is 85.6 Å². The Balaban J connectivity index is 3.16. The molecule has 1 aromatic carbocycles. The van der Waals surface area contributed by atoms with Gasteiger partial charge in [-0.05, 0) is 6.42 Å². The highest BCUT2D eigenvalue weighted by Gasteiger charge is 2.19. The summed E-state index contributed by atoms with van der Waals surface area (Å²) in [6.07, 6.45) is 1.71. The lowest BCUT2D eigenvalue weighted by atomic mass is 10.0. The lowest BCUT2D eigenvalue weighted by Crippen LogP contribution is -2.29. The topological polar surface area (TPSA) is 38.0 Å². The summed E-state index contributed by atoms with van der Waals surface area (Å²) in [5.74, 6) is 2.26. The van der Waals surface area contributed by atoms with E-state index in [4.69, 9.17) is 5.84 Å². The van der Waals surface area contributed by atoms with E-state index in [2.05, 4.69) is 12.0 Å². The first kappa shape index (κ1) is 11.7. The minimum Gasteiger partial charge on any atom is -0.271 e. The minimum absolute atomic E-state index is 0.246. The minimum atomic E-state index is -0.961. The number of rotatable bonds is 4. The molecule has 0 aliphatic carbocycles. The van der Waals surface area contributed by atoms with Crippen LogP contribution in [0, 0.1) is 17.5 Å². The zero-order chi connectivity index (χ0) is 11.4. The Morgan fingerprint density at radius 2 is 1.87 bits per heavy atom. The molecule has 0 spiro atoms. The van der Waals surface area contributed by atoms with Gasteiger partial charge in [0.05, 0.1) is 6.04 Å². The maximum Gasteiger partial charge on any atom is 0.133 e. The lowest BCUT2D eigenvalue weighted by molar-refractivity contribution is 0.465. The molecule has 0 fully saturated rings. The molecule has 1 unspecified atom stereocenters. The van der Waals surface area contributed by atoms with Gasteiger partial charge in [-0.1, -0.05) is 6.08 Å². The highest BCUT2D eigenvalue weighted by Crippen LogP contribution is 2.23. The van der Waals surface area contributed by atoms with Crippen LogP contribution in [0.5, 0.6) is 0 Å². The van der Waals surface area contributed by atoms with Gasteiger partial charge < -0.3 is 0 Å². The molecular weight excluding hydrogens is 205 g/mol. The van der Waals surface area contributed by atoms with Gasteiger partial charge in [0.1, 0.15) is 17.5 Å². The van der Waals surface area contributed by atoms with Crippen molar-refractivity contribution < 1.29 is 13.2 Å². The number of benzene rings is 1. The van der Waals surface area contributed by atoms with Crippen LogP contribution in [0.1, 0.15) is 18.0 Å². The van der Waals surface area contributed by atoms with Crippen molar-refractivity contribution in [1.29, 1.82) is 0 Å². The van der Waals surface area contributed by atoms with Gasteiger partial charge in [0, 0.05) is 17.7 Å². The van der Waals surface area contributed by atoms with Crippen LogP contribution in [0.2, 0.25) is 0 Å². The van der Waals surface area contributed by atoms with E-state index in [9.17, 15) is 13.2 Å². The molecule has 82 valence electrons. The smallest absolute Gasteiger partial charge is 0.133 e. The van der Waals surface area contributed by atoms with Crippen LogP contribution in [0.15, 0.2) is 24.8 Å². The molecule has 0 aliphatic heterocycles. The van der Waals surface area contributed by atoms with E-state index < -0.39 is 23.5 Å². The number of hydrogen-bond donors (Lipinski definition) is 2. The van der Waals surface area contributed by atoms with Crippen LogP contribution in [-0.4, -0.2) is 0 Å². The normalized spacial score (nSPS) is 12.5. The standard InChI is InChI=1S/C10H11F3N2/c1-2-3-9(15-14)10-7(12)4-6(11)5-8(10)13/h2,4-5,9,15H,1,3,14H2. The average molecular weight is 216 g/mol. The molecule has 1 atom stereocenters. The second-order valence-corrected chi connectivity index (χ2v) is 3.03. The largest absolute Gasteiger partial charge is 0.271 e. The maximum absolute atomic E-state index is 13.3. The van der Waals surface area contributed by atoms with Gasteiger partial charge in [-0.25, -0.2) is 13.2 Å². The zero-order valence-electron chi connectivity index (χ0n) is 7.93. The molecule has 0 heterocycles. The van der Waals surface area contributed by atoms with E-state index in [1.807, 2.05) is 0 Å². The summed E-state index contributed by atoms with van der Waals surface area (Å²) in [6, 6.07) is 0.487. The highest BCUT2D eigenvalue weighted by molar-refractivity contribution is 5.24. The summed E-state index contributed by atoms with van der Waals surface area (Å²) in [4.78, 5) is 0. The van der Waals surface area contributed by atoms with E-state index in [0.717, 1.165) is 0 Å². The number of hydrogen-bond acceptors (Lipinski definition) is 2. The second kappa shape index (κ2) is 4.95. The van der Waals surface area contributed by atoms with Crippen LogP contribution in [0.3, 0.4) is 0 Å². The molecule has 3 N–H and O–H groups in total. The fraction of sp³-hybridized carbons (Fsp3) is 0.200. The quantitative estimate of drug-likeness (QED) is 0.460. The summed E-state index contributed by atoms with van der Waals surface area (Å²) in [7, 11) is 0. The molecule has 0 aromatic heterocycles. The Bertz CT molecular complexity index is 343. The van der Waals surface area contributed by atoms with Gasteiger partial charge in [-0.3, -0.25) is 11.3 Å². The number of halogens is 3. The second-order valence-electron chi connectivity index (χ2n) is 3.03. The number of nitrogens with one attached hydrogen (secondary N) is 1. The molecule has 2 nitrogen and oxygen atoms in total. The van der Waals surface area contributed by atoms with Crippen molar-refractivity contribution in [1.82, 2.24) is 5.43 Å². The summed E-state index contributed by atoms with van der Waals surface area (Å²) in [5.41, 5.74) is 1.97. The summed E-state index contributed by atoms with van der Waals surface area (Å²) in [6.45, 7) is 3.44. The third kappa shape index (κ3) is 2.57. The lowest BCUT2D eigenvalue weighted by Gasteiger charge is -2.15. The van der Waals surface area contributed by atoms with Gasteiger partial charge in [0.15, 0.2) is 0 Å². The van der Waals surface area contributed by atoms with Crippen LogP contribution >= 0.6 is 0 Å². The zero-order valence-corrected chi connectivity index (χ0v) is 7.93. The van der Waals surface area contributed by atoms with Gasteiger partial charge in [-0.15, -0.1) is 6.58 Å². The fourth-order valence-electron chi connectivity index (χ4n) is 1.32. The van der Waals surface area contributed by atoms with Crippen molar-refractivity contribution in [3.05, 3.63) is 47.8 Å². The Morgan fingerprint density at radius 1 is 1.33 bits per heavy atom. The predicted molar refractivity (Wildman–Crippen MR) is 51.2 cm³/mol. The fourth-order valence-corrected chi connectivity index (χ4v) is 1.32. The monoisotopic (exact) mass is 216 g/mol. The van der Waals surface area contributed by atoms with Crippen molar-refractivity contribution in [2.45, 2.75) is 12.5 Å². The predicted octanol–water partition coefficient (Wildman–Crippen LogP) is 2.18. The number of nitrogens with two attached hydrogens (primary N) is 1. The molecule has 1 rings (SSSR count). The van der Waals surface area contributed by atoms with Crippen molar-refractivity contribution in [2.75, 3.05) is 0 Å². The Kier molecular flexibility index (Phi) is 3.88. The molecule has 0 aliphatic rings. The van der Waals surface area contributed by atoms with Crippen molar-refractivity contribution in [2.24, 2.45) is 5.84 Å². The summed E-state index contributed by atoms with van der Waals surface area (Å²) >= 11 is 0. The van der Waals surface area contributed by atoms with Crippen LogP contribution < -0.4 is 11.3 Å². The molecule has 0 radical (unpaired) electrons. The molecule has 0 saturated carbocycles. The molecule has 15 heavy (non-hydrogen) atoms. The van der Waals surface area contributed by atoms with E-state index >= 15 is 0 Å². The van der Waals surface area contributed by atoms with E-state index in [1.165, 1.54) is 6.08 Å². The van der Waals surface area contributed by atoms with Crippen molar-refractivity contribution in [3.63, 3.8) is 0 Å². The first-order chi connectivity index (χ1) is 7.10. The van der Waals surface area contributed by atoms with Crippen molar-refractivity contribution in [3.8, 4) is 0 Å². The van der Waals surface area contributed by atoms with Gasteiger partial charge in [0.2, 0.25) is 0 Å². The summed E-state index contributed by atoms with van der Waals surface area (Å²) < 4.78 is 39.1. The Morgan fingerprint density at radius 3 is 2.27 bits per heavy atom. The molecular formula is C10H11F3N2. The third-order valence-corrected chi connectivity index (χ3v) is 2.00. The van der Waals surface area contributed by atoms with E-state index in [-0.39, 0.29) is 12.0 Å². The maximum atomic E-state index is 13.3. The first-order valence-corrected chi connectivity index (χ1v) is 4.31. The molecule has 5 heteroatoms. The van der Waals surface area contributed by atoms with Gasteiger partial charge >= 0.3 is 0 Å². The average Bonchev–Trinajstić information content (AvgIpc) is 2.14. The molecule has 0 bridgehead atoms. The molecule has 0 saturated heterocycles. The first-order valence-electron chi connectivity index (χ1n) is 4.31. The van der Waals surface area contributed by atoms with Crippen LogP contribution in [-0.2, 0) is 0 Å². The van der Waals surface area contributed by atoms with Crippen LogP contribution in [0.4, 0.5) is 13.2 Å². The SMILES string of the molecule is C=CCC(NN)c1c(F)cc(F)cc1F. The van der Waals surface area contributed by atoms with Crippen LogP contribution in [0.25, 0.3) is 0 Å².